The number of nitrogens with zero attached hydrogens (tertiary/aromatic N) is 1. The summed E-state index contributed by atoms with van der Waals surface area (Å²) in [6.45, 7) is 4.34. The van der Waals surface area contributed by atoms with Crippen LogP contribution in [0.25, 0.3) is 0 Å². The lowest BCUT2D eigenvalue weighted by Crippen LogP contribution is -2.39. The first-order valence-electron chi connectivity index (χ1n) is 11.0. The standard InChI is InChI=1S/C24H31F3N2O/c1-2-15-29(22-14-11-19-7-3-4-8-20(19)17-22)16-5-6-18-9-12-21(13-10-18)28-23(30)24(25,26)27/h7-10,12-13,22H,2-6,11,14-17H2,1H3,(H,28,30). The van der Waals surface area contributed by atoms with Gasteiger partial charge in [0.2, 0.25) is 0 Å². The van der Waals surface area contributed by atoms with Gasteiger partial charge < -0.3 is 10.2 Å². The minimum absolute atomic E-state index is 0.167. The Balaban J connectivity index is 1.49. The summed E-state index contributed by atoms with van der Waals surface area (Å²) in [5.74, 6) is -1.94. The molecule has 3 rings (SSSR count). The number of rotatable bonds is 8. The van der Waals surface area contributed by atoms with E-state index >= 15 is 0 Å². The first-order chi connectivity index (χ1) is 14.4. The van der Waals surface area contributed by atoms with Gasteiger partial charge in [-0.1, -0.05) is 31.2 Å². The van der Waals surface area contributed by atoms with E-state index in [1.165, 1.54) is 37.8 Å². The molecule has 1 fully saturated rings. The summed E-state index contributed by atoms with van der Waals surface area (Å²) in [5.41, 5.74) is 4.35. The fraction of sp³-hybridized carbons (Fsp3) is 0.542. The summed E-state index contributed by atoms with van der Waals surface area (Å²) < 4.78 is 37.0. The van der Waals surface area contributed by atoms with E-state index in [1.54, 1.807) is 23.3 Å². The van der Waals surface area contributed by atoms with E-state index in [1.807, 2.05) is 5.32 Å². The van der Waals surface area contributed by atoms with E-state index in [0.29, 0.717) is 6.04 Å². The number of hydrogen-bond donors (Lipinski definition) is 1. The highest BCUT2D eigenvalue weighted by molar-refractivity contribution is 5.94. The van der Waals surface area contributed by atoms with Crippen LogP contribution in [-0.2, 0) is 11.2 Å². The topological polar surface area (TPSA) is 32.3 Å². The summed E-state index contributed by atoms with van der Waals surface area (Å²) in [6.07, 6.45) is 8.87. The van der Waals surface area contributed by atoms with Crippen LogP contribution in [0.5, 0.6) is 0 Å². The number of alkyl halides is 3. The Hall–Kier alpha value is -2.08. The fourth-order valence-corrected chi connectivity index (χ4v) is 4.45. The van der Waals surface area contributed by atoms with Crippen molar-refractivity contribution in [2.45, 2.75) is 70.5 Å². The molecule has 0 aromatic heterocycles. The second kappa shape index (κ2) is 10.3. The maximum Gasteiger partial charge on any atom is 0.471 e. The molecule has 0 radical (unpaired) electrons. The van der Waals surface area contributed by atoms with Crippen molar-refractivity contribution in [2.75, 3.05) is 18.4 Å². The largest absolute Gasteiger partial charge is 0.471 e. The van der Waals surface area contributed by atoms with Crippen molar-refractivity contribution in [3.63, 3.8) is 0 Å². The smallest absolute Gasteiger partial charge is 0.318 e. The zero-order chi connectivity index (χ0) is 21.6. The number of halogens is 3. The van der Waals surface area contributed by atoms with Gasteiger partial charge in [0.1, 0.15) is 0 Å². The van der Waals surface area contributed by atoms with Crippen molar-refractivity contribution in [2.24, 2.45) is 0 Å². The SMILES string of the molecule is CCCN(CCCc1ccc(NC(=O)C(F)(F)F)cc1)C1CCC2=CCCC=C2C1. The molecule has 1 amide bonds. The summed E-state index contributed by atoms with van der Waals surface area (Å²) in [5, 5.41) is 1.88. The molecule has 0 aliphatic heterocycles. The number of fused-ring (bicyclic) bond motifs is 1. The number of carbonyl (C=O) groups excluding carboxylic acids is 1. The predicted octanol–water partition coefficient (Wildman–Crippen LogP) is 6.03. The molecule has 2 aliphatic carbocycles. The third-order valence-corrected chi connectivity index (χ3v) is 5.97. The van der Waals surface area contributed by atoms with Crippen molar-refractivity contribution in [3.8, 4) is 0 Å². The number of benzene rings is 1. The van der Waals surface area contributed by atoms with Crippen LogP contribution in [0.4, 0.5) is 18.9 Å². The third-order valence-electron chi connectivity index (χ3n) is 5.97. The monoisotopic (exact) mass is 420 g/mol. The molecule has 1 atom stereocenters. The van der Waals surface area contributed by atoms with E-state index in [4.69, 9.17) is 0 Å². The highest BCUT2D eigenvalue weighted by Crippen LogP contribution is 2.35. The van der Waals surface area contributed by atoms with Gasteiger partial charge >= 0.3 is 12.1 Å². The second-order valence-electron chi connectivity index (χ2n) is 8.22. The molecule has 0 saturated heterocycles. The summed E-state index contributed by atoms with van der Waals surface area (Å²) in [4.78, 5) is 13.6. The van der Waals surface area contributed by atoms with Crippen LogP contribution >= 0.6 is 0 Å². The van der Waals surface area contributed by atoms with Crippen molar-refractivity contribution in [3.05, 3.63) is 53.1 Å². The minimum atomic E-state index is -4.87. The maximum absolute atomic E-state index is 12.3. The lowest BCUT2D eigenvalue weighted by atomic mass is 9.82. The Labute approximate surface area is 177 Å². The molecular weight excluding hydrogens is 389 g/mol. The zero-order valence-electron chi connectivity index (χ0n) is 17.6. The molecule has 0 spiro atoms. The minimum Gasteiger partial charge on any atom is -0.318 e. The number of amides is 1. The molecule has 30 heavy (non-hydrogen) atoms. The summed E-state index contributed by atoms with van der Waals surface area (Å²) in [7, 11) is 0. The second-order valence-corrected chi connectivity index (χ2v) is 8.22. The summed E-state index contributed by atoms with van der Waals surface area (Å²) in [6, 6.07) is 7.26. The molecule has 6 heteroatoms. The van der Waals surface area contributed by atoms with Gasteiger partial charge in [0.05, 0.1) is 0 Å². The van der Waals surface area contributed by atoms with Gasteiger partial charge in [0.15, 0.2) is 0 Å². The van der Waals surface area contributed by atoms with Crippen molar-refractivity contribution in [1.82, 2.24) is 4.90 Å². The Morgan fingerprint density at radius 3 is 2.47 bits per heavy atom. The molecule has 1 saturated carbocycles. The zero-order valence-corrected chi connectivity index (χ0v) is 17.6. The first-order valence-corrected chi connectivity index (χ1v) is 11.0. The molecule has 1 unspecified atom stereocenters. The van der Waals surface area contributed by atoms with E-state index in [9.17, 15) is 18.0 Å². The number of anilines is 1. The quantitative estimate of drug-likeness (QED) is 0.557. The van der Waals surface area contributed by atoms with Crippen LogP contribution < -0.4 is 5.32 Å². The maximum atomic E-state index is 12.3. The normalized spacial score (nSPS) is 19.2. The van der Waals surface area contributed by atoms with Crippen LogP contribution in [0.1, 0.15) is 57.4 Å². The molecule has 1 aromatic carbocycles. The third kappa shape index (κ3) is 6.21. The predicted molar refractivity (Wildman–Crippen MR) is 114 cm³/mol. The Morgan fingerprint density at radius 2 is 1.80 bits per heavy atom. The lowest BCUT2D eigenvalue weighted by Gasteiger charge is -2.37. The molecule has 1 aromatic rings. The van der Waals surface area contributed by atoms with Gasteiger partial charge in [-0.15, -0.1) is 0 Å². The van der Waals surface area contributed by atoms with Crippen LogP contribution in [0, 0.1) is 0 Å². The number of allylic oxidation sites excluding steroid dienone is 3. The molecule has 3 nitrogen and oxygen atoms in total. The van der Waals surface area contributed by atoms with Crippen LogP contribution in [0.15, 0.2) is 47.6 Å². The Bertz CT molecular complexity index is 781. The molecular formula is C24H31F3N2O. The highest BCUT2D eigenvalue weighted by atomic mass is 19.4. The van der Waals surface area contributed by atoms with E-state index in [0.717, 1.165) is 44.3 Å². The first kappa shape index (κ1) is 22.6. The van der Waals surface area contributed by atoms with Gasteiger partial charge in [-0.25, -0.2) is 0 Å². The molecule has 2 aliphatic rings. The van der Waals surface area contributed by atoms with E-state index < -0.39 is 12.1 Å². The van der Waals surface area contributed by atoms with Gasteiger partial charge in [-0.05, 0) is 93.3 Å². The average Bonchev–Trinajstić information content (AvgIpc) is 2.73. The number of hydrogen-bond acceptors (Lipinski definition) is 2. The number of nitrogens with one attached hydrogen (secondary N) is 1. The van der Waals surface area contributed by atoms with E-state index in [2.05, 4.69) is 24.0 Å². The number of aryl methyl sites for hydroxylation is 1. The summed E-state index contributed by atoms with van der Waals surface area (Å²) >= 11 is 0. The van der Waals surface area contributed by atoms with Crippen molar-refractivity contribution in [1.29, 1.82) is 0 Å². The van der Waals surface area contributed by atoms with Crippen molar-refractivity contribution < 1.29 is 18.0 Å². The van der Waals surface area contributed by atoms with Gasteiger partial charge in [0.25, 0.3) is 0 Å². The number of carbonyl (C=O) groups is 1. The van der Waals surface area contributed by atoms with Gasteiger partial charge in [-0.2, -0.15) is 13.2 Å². The molecule has 0 bridgehead atoms. The highest BCUT2D eigenvalue weighted by Gasteiger charge is 2.38. The fourth-order valence-electron chi connectivity index (χ4n) is 4.45. The van der Waals surface area contributed by atoms with Crippen LogP contribution in [0.3, 0.4) is 0 Å². The van der Waals surface area contributed by atoms with Crippen molar-refractivity contribution >= 4 is 11.6 Å². The van der Waals surface area contributed by atoms with Gasteiger partial charge in [-0.3, -0.25) is 4.79 Å². The Kier molecular flexibility index (Phi) is 7.75. The van der Waals surface area contributed by atoms with Gasteiger partial charge in [0, 0.05) is 11.7 Å². The molecule has 164 valence electrons. The van der Waals surface area contributed by atoms with Crippen LogP contribution in [0.2, 0.25) is 0 Å². The lowest BCUT2D eigenvalue weighted by molar-refractivity contribution is -0.167. The van der Waals surface area contributed by atoms with E-state index in [-0.39, 0.29) is 5.69 Å². The molecule has 0 heterocycles. The van der Waals surface area contributed by atoms with Crippen LogP contribution in [-0.4, -0.2) is 36.1 Å². The average molecular weight is 421 g/mol. The molecule has 1 N–H and O–H groups in total. The Morgan fingerprint density at radius 1 is 1.10 bits per heavy atom.